The molecule has 3 heterocycles. The highest BCUT2D eigenvalue weighted by Crippen LogP contribution is 2.31. The van der Waals surface area contributed by atoms with Crippen LogP contribution < -0.4 is 11.1 Å². The number of aliphatic hydroxyl groups excluding tert-OH is 3. The standard InChI is InChI=1S/C13H21N7O4/c1-2-3-4-15-10-7-11(17-13(14)16-10)20(19-18-7)12-9(23)8(22)6(5-21)24-12/h6,8-9,12,21-23H,2-5H2,1H3,(H3,14,15,16,17)/t6-,8-,9-,12-/m1/s1. The number of unbranched alkanes of at least 4 members (excludes halogenated alkanes) is 1. The van der Waals surface area contributed by atoms with Gasteiger partial charge in [0.25, 0.3) is 0 Å². The summed E-state index contributed by atoms with van der Waals surface area (Å²) in [6, 6.07) is 0. The average Bonchev–Trinajstić information content (AvgIpc) is 3.10. The molecule has 0 radical (unpaired) electrons. The first kappa shape index (κ1) is 16.8. The summed E-state index contributed by atoms with van der Waals surface area (Å²) in [6.45, 7) is 2.34. The summed E-state index contributed by atoms with van der Waals surface area (Å²) < 4.78 is 6.69. The highest BCUT2D eigenvalue weighted by Gasteiger charge is 2.44. The lowest BCUT2D eigenvalue weighted by Gasteiger charge is -2.14. The molecule has 0 aromatic carbocycles. The predicted octanol–water partition coefficient (Wildman–Crippen LogP) is -1.37. The Kier molecular flexibility index (Phi) is 4.76. The number of nitrogen functional groups attached to an aromatic ring is 1. The summed E-state index contributed by atoms with van der Waals surface area (Å²) in [6.07, 6.45) is -2.48. The largest absolute Gasteiger partial charge is 0.394 e. The van der Waals surface area contributed by atoms with Gasteiger partial charge in [-0.25, -0.2) is 0 Å². The minimum atomic E-state index is -1.28. The second-order valence-electron chi connectivity index (χ2n) is 5.65. The Labute approximate surface area is 137 Å². The molecule has 11 heteroatoms. The van der Waals surface area contributed by atoms with Crippen LogP contribution in [0.2, 0.25) is 0 Å². The molecule has 0 saturated carbocycles. The van der Waals surface area contributed by atoms with Crippen LogP contribution >= 0.6 is 0 Å². The number of fused-ring (bicyclic) bond motifs is 1. The summed E-state index contributed by atoms with van der Waals surface area (Å²) in [5.74, 6) is 0.473. The Hall–Kier alpha value is -2.08. The lowest BCUT2D eigenvalue weighted by atomic mass is 10.1. The van der Waals surface area contributed by atoms with Crippen LogP contribution in [0.5, 0.6) is 0 Å². The van der Waals surface area contributed by atoms with E-state index in [1.807, 2.05) is 0 Å². The zero-order valence-corrected chi connectivity index (χ0v) is 13.2. The second kappa shape index (κ2) is 6.81. The van der Waals surface area contributed by atoms with Gasteiger partial charge in [-0.2, -0.15) is 14.6 Å². The topological polar surface area (TPSA) is 164 Å². The molecule has 1 aliphatic heterocycles. The number of hydrogen-bond acceptors (Lipinski definition) is 10. The smallest absolute Gasteiger partial charge is 0.224 e. The zero-order chi connectivity index (χ0) is 17.3. The monoisotopic (exact) mass is 339 g/mol. The lowest BCUT2D eigenvalue weighted by molar-refractivity contribution is -0.0574. The van der Waals surface area contributed by atoms with Crippen molar-refractivity contribution in [2.75, 3.05) is 24.2 Å². The molecular weight excluding hydrogens is 318 g/mol. The molecule has 6 N–H and O–H groups in total. The van der Waals surface area contributed by atoms with Crippen molar-refractivity contribution in [2.24, 2.45) is 0 Å². The molecule has 0 spiro atoms. The van der Waals surface area contributed by atoms with E-state index in [-0.39, 0.29) is 11.6 Å². The molecule has 1 saturated heterocycles. The molecule has 0 unspecified atom stereocenters. The third-order valence-corrected chi connectivity index (χ3v) is 3.92. The van der Waals surface area contributed by atoms with Crippen LogP contribution in [0.4, 0.5) is 11.8 Å². The Morgan fingerprint density at radius 1 is 1.29 bits per heavy atom. The van der Waals surface area contributed by atoms with E-state index in [2.05, 4.69) is 32.5 Å². The minimum absolute atomic E-state index is 0.0248. The van der Waals surface area contributed by atoms with Crippen molar-refractivity contribution in [3.8, 4) is 0 Å². The maximum absolute atomic E-state index is 10.1. The van der Waals surface area contributed by atoms with Crippen molar-refractivity contribution in [3.05, 3.63) is 0 Å². The SMILES string of the molecule is CCCCNc1nc(N)nc2c1nnn2[C@@H]1O[C@H](CO)[C@@H](O)[C@H]1O. The summed E-state index contributed by atoms with van der Waals surface area (Å²) in [5.41, 5.74) is 6.41. The first-order valence-corrected chi connectivity index (χ1v) is 7.81. The van der Waals surface area contributed by atoms with E-state index in [9.17, 15) is 15.3 Å². The normalized spacial score (nSPS) is 27.0. The molecule has 0 aliphatic carbocycles. The molecule has 2 aromatic rings. The average molecular weight is 339 g/mol. The Morgan fingerprint density at radius 2 is 2.08 bits per heavy atom. The van der Waals surface area contributed by atoms with E-state index in [1.165, 1.54) is 4.68 Å². The molecule has 4 atom stereocenters. The van der Waals surface area contributed by atoms with Gasteiger partial charge < -0.3 is 31.1 Å². The molecular formula is C13H21N7O4. The molecule has 3 rings (SSSR count). The van der Waals surface area contributed by atoms with Gasteiger partial charge in [0.2, 0.25) is 5.95 Å². The molecule has 0 amide bonds. The maximum Gasteiger partial charge on any atom is 0.224 e. The molecule has 132 valence electrons. The van der Waals surface area contributed by atoms with Crippen LogP contribution in [0.25, 0.3) is 11.2 Å². The molecule has 11 nitrogen and oxygen atoms in total. The van der Waals surface area contributed by atoms with Gasteiger partial charge in [0.05, 0.1) is 6.61 Å². The van der Waals surface area contributed by atoms with Gasteiger partial charge >= 0.3 is 0 Å². The van der Waals surface area contributed by atoms with Gasteiger partial charge in [0.15, 0.2) is 23.2 Å². The fourth-order valence-corrected chi connectivity index (χ4v) is 2.61. The van der Waals surface area contributed by atoms with E-state index in [4.69, 9.17) is 10.5 Å². The third kappa shape index (κ3) is 2.86. The summed E-state index contributed by atoms with van der Waals surface area (Å²) in [7, 11) is 0. The van der Waals surface area contributed by atoms with Crippen molar-refractivity contribution in [1.82, 2.24) is 25.0 Å². The van der Waals surface area contributed by atoms with Crippen molar-refractivity contribution < 1.29 is 20.1 Å². The van der Waals surface area contributed by atoms with Crippen LogP contribution in [0.3, 0.4) is 0 Å². The van der Waals surface area contributed by atoms with E-state index < -0.39 is 31.1 Å². The fourth-order valence-electron chi connectivity index (χ4n) is 2.61. The number of nitrogens with zero attached hydrogens (tertiary/aromatic N) is 5. The van der Waals surface area contributed by atoms with Crippen molar-refractivity contribution in [2.45, 2.75) is 44.3 Å². The van der Waals surface area contributed by atoms with Crippen LogP contribution in [-0.4, -0.2) is 71.7 Å². The molecule has 2 aromatic heterocycles. The number of nitrogens with one attached hydrogen (secondary N) is 1. The first-order valence-electron chi connectivity index (χ1n) is 7.81. The van der Waals surface area contributed by atoms with E-state index in [0.717, 1.165) is 12.8 Å². The maximum atomic E-state index is 10.1. The highest BCUT2D eigenvalue weighted by atomic mass is 16.6. The predicted molar refractivity (Wildman–Crippen MR) is 83.9 cm³/mol. The molecule has 1 aliphatic rings. The summed E-state index contributed by atoms with van der Waals surface area (Å²) in [4.78, 5) is 8.23. The minimum Gasteiger partial charge on any atom is -0.394 e. The number of ether oxygens (including phenoxy) is 1. The summed E-state index contributed by atoms with van der Waals surface area (Å²) in [5, 5.41) is 40.3. The van der Waals surface area contributed by atoms with Crippen molar-refractivity contribution >= 4 is 22.9 Å². The van der Waals surface area contributed by atoms with Crippen LogP contribution in [0.1, 0.15) is 26.0 Å². The van der Waals surface area contributed by atoms with Crippen LogP contribution in [-0.2, 0) is 4.74 Å². The van der Waals surface area contributed by atoms with Gasteiger partial charge in [-0.1, -0.05) is 18.6 Å². The number of hydrogen-bond donors (Lipinski definition) is 5. The highest BCUT2D eigenvalue weighted by molar-refractivity contribution is 5.83. The van der Waals surface area contributed by atoms with Gasteiger partial charge in [-0.15, -0.1) is 5.10 Å². The fraction of sp³-hybridized carbons (Fsp3) is 0.692. The second-order valence-corrected chi connectivity index (χ2v) is 5.65. The van der Waals surface area contributed by atoms with E-state index in [0.29, 0.717) is 17.9 Å². The number of rotatable bonds is 6. The Morgan fingerprint density at radius 3 is 2.75 bits per heavy atom. The van der Waals surface area contributed by atoms with Crippen LogP contribution in [0, 0.1) is 0 Å². The number of anilines is 2. The molecule has 1 fully saturated rings. The molecule has 24 heavy (non-hydrogen) atoms. The van der Waals surface area contributed by atoms with Gasteiger partial charge in [-0.3, -0.25) is 0 Å². The van der Waals surface area contributed by atoms with E-state index in [1.54, 1.807) is 0 Å². The third-order valence-electron chi connectivity index (χ3n) is 3.92. The molecule has 0 bridgehead atoms. The summed E-state index contributed by atoms with van der Waals surface area (Å²) >= 11 is 0. The number of aromatic nitrogens is 5. The Bertz CT molecular complexity index is 709. The zero-order valence-electron chi connectivity index (χ0n) is 13.2. The van der Waals surface area contributed by atoms with Gasteiger partial charge in [0, 0.05) is 6.54 Å². The number of aliphatic hydroxyl groups is 3. The van der Waals surface area contributed by atoms with Crippen LogP contribution in [0.15, 0.2) is 0 Å². The lowest BCUT2D eigenvalue weighted by Crippen LogP contribution is -2.33. The van der Waals surface area contributed by atoms with Crippen molar-refractivity contribution in [3.63, 3.8) is 0 Å². The number of nitrogens with two attached hydrogens (primary N) is 1. The Balaban J connectivity index is 1.95. The van der Waals surface area contributed by atoms with Gasteiger partial charge in [-0.05, 0) is 6.42 Å². The van der Waals surface area contributed by atoms with Crippen molar-refractivity contribution in [1.29, 1.82) is 0 Å². The van der Waals surface area contributed by atoms with E-state index >= 15 is 0 Å². The van der Waals surface area contributed by atoms with Gasteiger partial charge in [0.1, 0.15) is 18.3 Å². The quantitative estimate of drug-likeness (QED) is 0.396. The first-order chi connectivity index (χ1) is 11.6.